The van der Waals surface area contributed by atoms with E-state index in [0.717, 1.165) is 23.5 Å². The van der Waals surface area contributed by atoms with Gasteiger partial charge in [-0.15, -0.1) is 23.1 Å². The average molecular weight is 414 g/mol. The van der Waals surface area contributed by atoms with Gasteiger partial charge in [0.1, 0.15) is 4.88 Å². The van der Waals surface area contributed by atoms with E-state index in [9.17, 15) is 9.59 Å². The summed E-state index contributed by atoms with van der Waals surface area (Å²) in [5, 5.41) is 0. The standard InChI is InChI=1S/C19H27NO5S2/c1-4-6-12-25-16(21)15-8-7-14(27-15)9-10-19(18(22)24-5-2)17(23-3)20-11-13-26-19/h7-8H,4-6,9-13H2,1-3H3/t19-/m0/s1. The van der Waals surface area contributed by atoms with Crippen molar-refractivity contribution in [3.05, 3.63) is 21.9 Å². The van der Waals surface area contributed by atoms with Crippen LogP contribution in [0.4, 0.5) is 0 Å². The minimum absolute atomic E-state index is 0.286. The summed E-state index contributed by atoms with van der Waals surface area (Å²) in [5.41, 5.74) is 0. The molecule has 150 valence electrons. The van der Waals surface area contributed by atoms with Crippen LogP contribution in [0.1, 0.15) is 47.7 Å². The molecule has 8 heteroatoms. The molecule has 0 unspecified atom stereocenters. The Bertz CT molecular complexity index is 673. The van der Waals surface area contributed by atoms with Crippen LogP contribution >= 0.6 is 23.1 Å². The van der Waals surface area contributed by atoms with Gasteiger partial charge in [-0.1, -0.05) is 13.3 Å². The minimum atomic E-state index is -0.922. The number of methoxy groups -OCH3 is 1. The first-order chi connectivity index (χ1) is 13.1. The van der Waals surface area contributed by atoms with Gasteiger partial charge in [0.05, 0.1) is 26.9 Å². The highest BCUT2D eigenvalue weighted by Crippen LogP contribution is 2.37. The minimum Gasteiger partial charge on any atom is -0.483 e. The lowest BCUT2D eigenvalue weighted by Crippen LogP contribution is -2.48. The number of carbonyl (C=O) groups excluding carboxylic acids is 2. The number of hydrogen-bond acceptors (Lipinski definition) is 8. The number of ether oxygens (including phenoxy) is 3. The number of aliphatic imine (C=N–C) groups is 1. The number of nitrogens with zero attached hydrogens (tertiary/aromatic N) is 1. The maximum atomic E-state index is 12.7. The number of unbranched alkanes of at least 4 members (excludes halogenated alkanes) is 1. The zero-order valence-corrected chi connectivity index (χ0v) is 17.7. The largest absolute Gasteiger partial charge is 0.483 e. The summed E-state index contributed by atoms with van der Waals surface area (Å²) in [5.74, 6) is 0.565. The maximum Gasteiger partial charge on any atom is 0.348 e. The summed E-state index contributed by atoms with van der Waals surface area (Å²) in [6.07, 6.45) is 2.98. The molecular formula is C19H27NO5S2. The summed E-state index contributed by atoms with van der Waals surface area (Å²) >= 11 is 2.92. The van der Waals surface area contributed by atoms with Crippen LogP contribution in [0.3, 0.4) is 0 Å². The third-order valence-electron chi connectivity index (χ3n) is 4.16. The molecule has 1 aliphatic heterocycles. The van der Waals surface area contributed by atoms with Crippen LogP contribution in [0.2, 0.25) is 0 Å². The van der Waals surface area contributed by atoms with E-state index in [1.807, 2.05) is 6.07 Å². The molecule has 0 radical (unpaired) electrons. The van der Waals surface area contributed by atoms with E-state index < -0.39 is 4.75 Å². The van der Waals surface area contributed by atoms with Crippen molar-refractivity contribution in [3.63, 3.8) is 0 Å². The second kappa shape index (κ2) is 10.7. The third kappa shape index (κ3) is 5.48. The molecular weight excluding hydrogens is 386 g/mol. The van der Waals surface area contributed by atoms with Gasteiger partial charge in [0.2, 0.25) is 5.90 Å². The fourth-order valence-electron chi connectivity index (χ4n) is 2.76. The first kappa shape index (κ1) is 21.8. The Morgan fingerprint density at radius 1 is 1.26 bits per heavy atom. The molecule has 2 heterocycles. The highest BCUT2D eigenvalue weighted by atomic mass is 32.2. The first-order valence-electron chi connectivity index (χ1n) is 9.23. The summed E-state index contributed by atoms with van der Waals surface area (Å²) in [6.45, 7) is 5.22. The Morgan fingerprint density at radius 2 is 2.07 bits per heavy atom. The highest BCUT2D eigenvalue weighted by molar-refractivity contribution is 8.02. The normalized spacial score (nSPS) is 19.3. The van der Waals surface area contributed by atoms with Gasteiger partial charge in [0.15, 0.2) is 4.75 Å². The van der Waals surface area contributed by atoms with Crippen LogP contribution < -0.4 is 0 Å². The van der Waals surface area contributed by atoms with Crippen molar-refractivity contribution in [1.29, 1.82) is 0 Å². The molecule has 0 fully saturated rings. The molecule has 0 bridgehead atoms. The third-order valence-corrected chi connectivity index (χ3v) is 6.71. The summed E-state index contributed by atoms with van der Waals surface area (Å²) in [7, 11) is 1.54. The molecule has 1 aromatic heterocycles. The zero-order chi connectivity index (χ0) is 19.7. The number of carbonyl (C=O) groups is 2. The number of aryl methyl sites for hydroxylation is 1. The molecule has 1 aliphatic rings. The van der Waals surface area contributed by atoms with Gasteiger partial charge in [-0.3, -0.25) is 4.99 Å². The van der Waals surface area contributed by atoms with Crippen molar-refractivity contribution in [2.24, 2.45) is 4.99 Å². The van der Waals surface area contributed by atoms with Crippen LogP contribution in [0.15, 0.2) is 17.1 Å². The van der Waals surface area contributed by atoms with Crippen molar-refractivity contribution >= 4 is 40.9 Å². The van der Waals surface area contributed by atoms with E-state index >= 15 is 0 Å². The topological polar surface area (TPSA) is 74.2 Å². The molecule has 0 aliphatic carbocycles. The molecule has 27 heavy (non-hydrogen) atoms. The van der Waals surface area contributed by atoms with E-state index in [0.29, 0.717) is 43.4 Å². The van der Waals surface area contributed by atoms with E-state index in [1.54, 1.807) is 13.0 Å². The summed E-state index contributed by atoms with van der Waals surface area (Å²) in [4.78, 5) is 30.8. The molecule has 0 aromatic carbocycles. The van der Waals surface area contributed by atoms with Crippen molar-refractivity contribution in [2.75, 3.05) is 32.6 Å². The lowest BCUT2D eigenvalue weighted by atomic mass is 10.0. The molecule has 0 amide bonds. The van der Waals surface area contributed by atoms with Gasteiger partial charge >= 0.3 is 11.9 Å². The molecule has 0 saturated heterocycles. The van der Waals surface area contributed by atoms with E-state index in [1.165, 1.54) is 30.2 Å². The van der Waals surface area contributed by atoms with Crippen LogP contribution in [-0.4, -0.2) is 55.2 Å². The monoisotopic (exact) mass is 413 g/mol. The van der Waals surface area contributed by atoms with E-state index in [-0.39, 0.29) is 11.9 Å². The Balaban J connectivity index is 2.07. The van der Waals surface area contributed by atoms with E-state index in [4.69, 9.17) is 14.2 Å². The molecule has 6 nitrogen and oxygen atoms in total. The Kier molecular flexibility index (Phi) is 8.63. The molecule has 0 saturated carbocycles. The number of thioether (sulfide) groups is 1. The Hall–Kier alpha value is -1.54. The molecule has 2 rings (SSSR count). The van der Waals surface area contributed by atoms with Gasteiger partial charge < -0.3 is 14.2 Å². The van der Waals surface area contributed by atoms with Crippen molar-refractivity contribution in [3.8, 4) is 0 Å². The lowest BCUT2D eigenvalue weighted by molar-refractivity contribution is -0.144. The second-order valence-electron chi connectivity index (χ2n) is 6.04. The fraction of sp³-hybridized carbons (Fsp3) is 0.632. The fourth-order valence-corrected chi connectivity index (χ4v) is 4.89. The lowest BCUT2D eigenvalue weighted by Gasteiger charge is -2.33. The van der Waals surface area contributed by atoms with E-state index in [2.05, 4.69) is 11.9 Å². The van der Waals surface area contributed by atoms with Crippen molar-refractivity contribution in [2.45, 2.75) is 44.3 Å². The van der Waals surface area contributed by atoms with Gasteiger partial charge in [-0.25, -0.2) is 9.59 Å². The molecule has 0 N–H and O–H groups in total. The van der Waals surface area contributed by atoms with Crippen molar-refractivity contribution < 1.29 is 23.8 Å². The maximum absolute atomic E-state index is 12.7. The quantitative estimate of drug-likeness (QED) is 0.454. The molecule has 1 aromatic rings. The van der Waals surface area contributed by atoms with Crippen LogP contribution in [0.5, 0.6) is 0 Å². The molecule has 0 spiro atoms. The van der Waals surface area contributed by atoms with Gasteiger partial charge in [-0.2, -0.15) is 0 Å². The Labute approximate surface area is 168 Å². The van der Waals surface area contributed by atoms with Crippen molar-refractivity contribution in [1.82, 2.24) is 0 Å². The van der Waals surface area contributed by atoms with Gasteiger partial charge in [0, 0.05) is 10.6 Å². The summed E-state index contributed by atoms with van der Waals surface area (Å²) in [6, 6.07) is 3.70. The number of esters is 2. The van der Waals surface area contributed by atoms with Gasteiger partial charge in [0.25, 0.3) is 0 Å². The predicted octanol–water partition coefficient (Wildman–Crippen LogP) is 3.73. The average Bonchev–Trinajstić information content (AvgIpc) is 3.16. The highest BCUT2D eigenvalue weighted by Gasteiger charge is 2.48. The number of hydrogen-bond donors (Lipinski definition) is 0. The van der Waals surface area contributed by atoms with Crippen LogP contribution in [0, 0.1) is 0 Å². The number of rotatable bonds is 9. The molecule has 1 atom stereocenters. The number of thiophene rings is 1. The Morgan fingerprint density at radius 3 is 2.78 bits per heavy atom. The zero-order valence-electron chi connectivity index (χ0n) is 16.1. The van der Waals surface area contributed by atoms with Crippen LogP contribution in [-0.2, 0) is 25.4 Å². The first-order valence-corrected chi connectivity index (χ1v) is 11.0. The predicted molar refractivity (Wildman–Crippen MR) is 109 cm³/mol. The summed E-state index contributed by atoms with van der Waals surface area (Å²) < 4.78 is 15.1. The van der Waals surface area contributed by atoms with Gasteiger partial charge in [-0.05, 0) is 38.3 Å². The second-order valence-corrected chi connectivity index (χ2v) is 8.60. The van der Waals surface area contributed by atoms with Crippen LogP contribution in [0.25, 0.3) is 0 Å². The smallest absolute Gasteiger partial charge is 0.348 e. The SMILES string of the molecule is CCCCOC(=O)c1ccc(CC[C@]2(C(=O)OCC)SCCN=C2OC)s1.